The van der Waals surface area contributed by atoms with Crippen molar-refractivity contribution in [2.45, 2.75) is 72.8 Å². The highest BCUT2D eigenvalue weighted by Crippen LogP contribution is 2.33. The Morgan fingerprint density at radius 3 is 2.45 bits per heavy atom. The van der Waals surface area contributed by atoms with Crippen LogP contribution in [0.25, 0.3) is 0 Å². The number of piperidine rings is 1. The molecular formula is C18H31N3O. The third-order valence-corrected chi connectivity index (χ3v) is 4.46. The van der Waals surface area contributed by atoms with E-state index in [0.717, 1.165) is 37.8 Å². The highest BCUT2D eigenvalue weighted by Gasteiger charge is 2.33. The van der Waals surface area contributed by atoms with Crippen LogP contribution in [0.1, 0.15) is 66.0 Å². The van der Waals surface area contributed by atoms with Gasteiger partial charge in [0, 0.05) is 23.9 Å². The fourth-order valence-corrected chi connectivity index (χ4v) is 3.65. The monoisotopic (exact) mass is 305 g/mol. The molecule has 1 saturated heterocycles. The summed E-state index contributed by atoms with van der Waals surface area (Å²) in [5, 5.41) is 3.26. The molecule has 2 rings (SSSR count). The van der Waals surface area contributed by atoms with Gasteiger partial charge in [0.15, 0.2) is 0 Å². The number of imidazole rings is 1. The number of rotatable bonds is 5. The minimum Gasteiger partial charge on any atom is -0.353 e. The largest absolute Gasteiger partial charge is 0.353 e. The van der Waals surface area contributed by atoms with Gasteiger partial charge in [-0.05, 0) is 42.9 Å². The predicted molar refractivity (Wildman–Crippen MR) is 89.4 cm³/mol. The summed E-state index contributed by atoms with van der Waals surface area (Å²) < 4.78 is 0. The average Bonchev–Trinajstić information content (AvgIpc) is 2.82. The fraction of sp³-hybridized carbons (Fsp3) is 0.778. The predicted octanol–water partition coefficient (Wildman–Crippen LogP) is 3.70. The number of aromatic amines is 1. The number of nitrogens with zero attached hydrogens (tertiary/aromatic N) is 1. The maximum absolute atomic E-state index is 12.4. The summed E-state index contributed by atoms with van der Waals surface area (Å²) >= 11 is 0. The first kappa shape index (κ1) is 17.0. The van der Waals surface area contributed by atoms with Crippen molar-refractivity contribution in [2.75, 3.05) is 0 Å². The normalized spacial score (nSPS) is 23.4. The van der Waals surface area contributed by atoms with E-state index in [-0.39, 0.29) is 22.7 Å². The quantitative estimate of drug-likeness (QED) is 0.871. The molecular weight excluding hydrogens is 274 g/mol. The first-order valence-electron chi connectivity index (χ1n) is 8.42. The lowest BCUT2D eigenvalue weighted by atomic mass is 9.76. The summed E-state index contributed by atoms with van der Waals surface area (Å²) in [6.07, 6.45) is 8.69. The van der Waals surface area contributed by atoms with Gasteiger partial charge >= 0.3 is 0 Å². The van der Waals surface area contributed by atoms with Crippen molar-refractivity contribution in [1.29, 1.82) is 0 Å². The number of hydrogen-bond acceptors (Lipinski definition) is 2. The van der Waals surface area contributed by atoms with Gasteiger partial charge in [0.25, 0.3) is 0 Å². The minimum absolute atomic E-state index is 0.154. The van der Waals surface area contributed by atoms with Crippen LogP contribution >= 0.6 is 0 Å². The summed E-state index contributed by atoms with van der Waals surface area (Å²) in [5.74, 6) is 0.440. The van der Waals surface area contributed by atoms with E-state index in [2.05, 4.69) is 49.9 Å². The topological polar surface area (TPSA) is 57.8 Å². The molecule has 1 aliphatic heterocycles. The van der Waals surface area contributed by atoms with Crippen molar-refractivity contribution in [2.24, 2.45) is 16.7 Å². The number of carbonyl (C=O) groups excluding carboxylic acids is 1. The van der Waals surface area contributed by atoms with E-state index in [9.17, 15) is 4.79 Å². The van der Waals surface area contributed by atoms with E-state index in [1.807, 2.05) is 6.20 Å². The van der Waals surface area contributed by atoms with Gasteiger partial charge in [-0.1, -0.05) is 34.6 Å². The molecule has 0 aromatic carbocycles. The molecule has 2 N–H and O–H groups in total. The molecule has 4 heteroatoms. The second kappa shape index (κ2) is 6.43. The molecule has 0 aliphatic carbocycles. The number of carbonyl (C=O) groups is 1. The van der Waals surface area contributed by atoms with Crippen molar-refractivity contribution in [3.8, 4) is 0 Å². The zero-order valence-electron chi connectivity index (χ0n) is 14.7. The first-order valence-corrected chi connectivity index (χ1v) is 8.42. The van der Waals surface area contributed by atoms with Gasteiger partial charge in [-0.3, -0.25) is 4.79 Å². The van der Waals surface area contributed by atoms with Gasteiger partial charge in [-0.15, -0.1) is 0 Å². The summed E-state index contributed by atoms with van der Waals surface area (Å²) in [6.45, 7) is 11.2. The fourth-order valence-electron chi connectivity index (χ4n) is 3.65. The van der Waals surface area contributed by atoms with Crippen LogP contribution in [0.2, 0.25) is 0 Å². The number of nitrogens with one attached hydrogen (secondary N) is 2. The van der Waals surface area contributed by atoms with Crippen LogP contribution < -0.4 is 5.32 Å². The highest BCUT2D eigenvalue weighted by atomic mass is 16.2. The summed E-state index contributed by atoms with van der Waals surface area (Å²) in [4.78, 5) is 19.6. The lowest BCUT2D eigenvalue weighted by molar-refractivity contribution is -0.129. The summed E-state index contributed by atoms with van der Waals surface area (Å²) in [7, 11) is 0. The maximum atomic E-state index is 12.4. The molecule has 124 valence electrons. The Balaban J connectivity index is 1.86. The van der Waals surface area contributed by atoms with Crippen LogP contribution in [-0.4, -0.2) is 21.9 Å². The second-order valence-electron chi connectivity index (χ2n) is 8.87. The van der Waals surface area contributed by atoms with Gasteiger partial charge in [0.1, 0.15) is 0 Å². The number of H-pyrrole nitrogens is 1. The Bertz CT molecular complexity index is 485. The van der Waals surface area contributed by atoms with E-state index in [0.29, 0.717) is 6.04 Å². The second-order valence-corrected chi connectivity index (χ2v) is 8.87. The van der Waals surface area contributed by atoms with E-state index >= 15 is 0 Å². The molecule has 1 fully saturated rings. The Labute approximate surface area is 134 Å². The molecule has 1 aromatic rings. The molecule has 0 radical (unpaired) electrons. The first-order chi connectivity index (χ1) is 10.1. The number of amides is 1. The number of hydrogen-bond donors (Lipinski definition) is 2. The van der Waals surface area contributed by atoms with Crippen LogP contribution in [-0.2, 0) is 11.2 Å². The zero-order valence-corrected chi connectivity index (χ0v) is 14.7. The SMILES string of the molecule is CC(C)(C)CC1CCC(CC(C)(C)Cc2cnc[nH]2)NC1=O. The third kappa shape index (κ3) is 5.15. The lowest BCUT2D eigenvalue weighted by Gasteiger charge is -2.36. The van der Waals surface area contributed by atoms with Crippen molar-refractivity contribution in [1.82, 2.24) is 15.3 Å². The van der Waals surface area contributed by atoms with Crippen molar-refractivity contribution in [3.63, 3.8) is 0 Å². The number of aromatic nitrogens is 2. The van der Waals surface area contributed by atoms with Crippen molar-refractivity contribution in [3.05, 3.63) is 18.2 Å². The van der Waals surface area contributed by atoms with Crippen LogP contribution in [0.15, 0.2) is 12.5 Å². The minimum atomic E-state index is 0.154. The molecule has 22 heavy (non-hydrogen) atoms. The molecule has 2 heterocycles. The van der Waals surface area contributed by atoms with E-state index in [1.165, 1.54) is 0 Å². The van der Waals surface area contributed by atoms with E-state index in [1.54, 1.807) is 6.33 Å². The van der Waals surface area contributed by atoms with Gasteiger partial charge in [-0.25, -0.2) is 4.98 Å². The Morgan fingerprint density at radius 2 is 1.91 bits per heavy atom. The van der Waals surface area contributed by atoms with E-state index in [4.69, 9.17) is 0 Å². The Hall–Kier alpha value is -1.32. The van der Waals surface area contributed by atoms with E-state index < -0.39 is 0 Å². The van der Waals surface area contributed by atoms with Crippen LogP contribution in [0, 0.1) is 16.7 Å². The Kier molecular flexibility index (Phi) is 4.98. The van der Waals surface area contributed by atoms with Gasteiger partial charge in [0.05, 0.1) is 6.33 Å². The maximum Gasteiger partial charge on any atom is 0.223 e. The molecule has 0 spiro atoms. The average molecular weight is 305 g/mol. The summed E-state index contributed by atoms with van der Waals surface area (Å²) in [5.41, 5.74) is 1.54. The molecule has 4 nitrogen and oxygen atoms in total. The Morgan fingerprint density at radius 1 is 1.18 bits per heavy atom. The van der Waals surface area contributed by atoms with Crippen molar-refractivity contribution >= 4 is 5.91 Å². The van der Waals surface area contributed by atoms with Gasteiger partial charge < -0.3 is 10.3 Å². The molecule has 2 atom stereocenters. The van der Waals surface area contributed by atoms with Gasteiger partial charge in [0.2, 0.25) is 5.91 Å². The molecule has 2 unspecified atom stereocenters. The smallest absolute Gasteiger partial charge is 0.223 e. The van der Waals surface area contributed by atoms with Crippen molar-refractivity contribution < 1.29 is 4.79 Å². The molecule has 1 aliphatic rings. The van der Waals surface area contributed by atoms with Crippen LogP contribution in [0.4, 0.5) is 0 Å². The zero-order chi connectivity index (χ0) is 16.4. The molecule has 0 bridgehead atoms. The third-order valence-electron chi connectivity index (χ3n) is 4.46. The standard InChI is InChI=1S/C18H31N3O/c1-17(2,3)8-13-6-7-14(21-16(13)22)9-18(4,5)10-15-11-19-12-20-15/h11-14H,6-10H2,1-5H3,(H,19,20)(H,21,22). The molecule has 1 aromatic heterocycles. The van der Waals surface area contributed by atoms with Crippen LogP contribution in [0.3, 0.4) is 0 Å². The lowest BCUT2D eigenvalue weighted by Crippen LogP contribution is -2.46. The summed E-state index contributed by atoms with van der Waals surface area (Å²) in [6, 6.07) is 0.307. The highest BCUT2D eigenvalue weighted by molar-refractivity contribution is 5.79. The molecule has 0 saturated carbocycles. The van der Waals surface area contributed by atoms with Gasteiger partial charge in [-0.2, -0.15) is 0 Å². The molecule has 1 amide bonds. The van der Waals surface area contributed by atoms with Crippen LogP contribution in [0.5, 0.6) is 0 Å².